The van der Waals surface area contributed by atoms with E-state index in [4.69, 9.17) is 10.5 Å². The fourth-order valence-electron chi connectivity index (χ4n) is 12.2. The molecule has 4 aliphatic carbocycles. The second-order valence-electron chi connectivity index (χ2n) is 18.4. The summed E-state index contributed by atoms with van der Waals surface area (Å²) in [4.78, 5) is 26.9. The summed E-state index contributed by atoms with van der Waals surface area (Å²) in [6.07, 6.45) is 15.4. The quantitative estimate of drug-likeness (QED) is 0.0696. The van der Waals surface area contributed by atoms with E-state index in [0.717, 1.165) is 123 Å². The number of ether oxygens (including phenoxy) is 1. The Bertz CT molecular complexity index is 1070. The molecule has 0 aromatic carbocycles. The second-order valence-corrected chi connectivity index (χ2v) is 18.4. The molecule has 8 nitrogen and oxygen atoms in total. The first-order valence-corrected chi connectivity index (χ1v) is 21.0. The highest BCUT2D eigenvalue weighted by atomic mass is 16.5. The number of nitrogens with one attached hydrogen (secondary N) is 3. The first-order chi connectivity index (χ1) is 23.8. The van der Waals surface area contributed by atoms with E-state index in [0.29, 0.717) is 36.1 Å². The smallest absolute Gasteiger partial charge is 0.302 e. The topological polar surface area (TPSA) is 126 Å². The van der Waals surface area contributed by atoms with Crippen molar-refractivity contribution in [3.05, 3.63) is 0 Å². The highest BCUT2D eigenvalue weighted by Gasteiger charge is 2.70. The number of unbranched alkanes of at least 4 members (excludes halogenated alkanes) is 2. The van der Waals surface area contributed by atoms with Crippen LogP contribution >= 0.6 is 0 Å². The van der Waals surface area contributed by atoms with Crippen LogP contribution in [0, 0.1) is 57.7 Å². The Hall–Kier alpha value is -1.22. The Morgan fingerprint density at radius 1 is 0.820 bits per heavy atom. The van der Waals surface area contributed by atoms with E-state index in [9.17, 15) is 14.7 Å². The molecule has 0 saturated heterocycles. The maximum absolute atomic E-state index is 14.3. The van der Waals surface area contributed by atoms with Gasteiger partial charge in [-0.1, -0.05) is 54.4 Å². The molecule has 50 heavy (non-hydrogen) atoms. The number of amides is 1. The third-order valence-corrected chi connectivity index (χ3v) is 15.0. The van der Waals surface area contributed by atoms with Crippen LogP contribution in [-0.2, 0) is 14.3 Å². The van der Waals surface area contributed by atoms with E-state index in [1.165, 1.54) is 6.42 Å². The number of hydrogen-bond donors (Lipinski definition) is 5. The van der Waals surface area contributed by atoms with Crippen LogP contribution in [0.2, 0.25) is 0 Å². The highest BCUT2D eigenvalue weighted by molar-refractivity contribution is 5.79. The molecule has 0 bridgehead atoms. The van der Waals surface area contributed by atoms with Crippen molar-refractivity contribution in [2.45, 2.75) is 157 Å². The van der Waals surface area contributed by atoms with Crippen LogP contribution in [0.4, 0.5) is 0 Å². The summed E-state index contributed by atoms with van der Waals surface area (Å²) in [5.74, 6) is 2.31. The molecule has 4 aliphatic rings. The van der Waals surface area contributed by atoms with E-state index in [2.05, 4.69) is 57.5 Å². The summed E-state index contributed by atoms with van der Waals surface area (Å²) >= 11 is 0. The average Bonchev–Trinajstić information content (AvgIpc) is 3.34. The predicted octanol–water partition coefficient (Wildman–Crippen LogP) is 6.83. The number of fused-ring (bicyclic) bond motifs is 5. The number of aliphatic hydroxyl groups is 1. The van der Waals surface area contributed by atoms with Crippen molar-refractivity contribution in [1.29, 1.82) is 0 Å². The van der Waals surface area contributed by atoms with E-state index < -0.39 is 0 Å². The van der Waals surface area contributed by atoms with Crippen molar-refractivity contribution in [2.75, 3.05) is 39.3 Å². The van der Waals surface area contributed by atoms with Crippen LogP contribution < -0.4 is 21.7 Å². The summed E-state index contributed by atoms with van der Waals surface area (Å²) in [5, 5.41) is 21.3. The molecule has 0 spiro atoms. The van der Waals surface area contributed by atoms with Gasteiger partial charge in [-0.05, 0) is 162 Å². The molecule has 0 aromatic rings. The minimum Gasteiger partial charge on any atom is -0.462 e. The van der Waals surface area contributed by atoms with Crippen LogP contribution in [0.25, 0.3) is 0 Å². The predicted molar refractivity (Wildman–Crippen MR) is 204 cm³/mol. The maximum Gasteiger partial charge on any atom is 0.302 e. The molecule has 1 amide bonds. The molecule has 290 valence electrons. The number of esters is 1. The first-order valence-electron chi connectivity index (χ1n) is 21.0. The van der Waals surface area contributed by atoms with E-state index in [1.54, 1.807) is 6.92 Å². The van der Waals surface area contributed by atoms with Crippen LogP contribution in [0.1, 0.15) is 145 Å². The first kappa shape index (κ1) is 41.5. The van der Waals surface area contributed by atoms with Gasteiger partial charge in [0.15, 0.2) is 0 Å². The number of rotatable bonds is 20. The Balaban J connectivity index is 1.42. The van der Waals surface area contributed by atoms with Crippen LogP contribution in [0.3, 0.4) is 0 Å². The summed E-state index contributed by atoms with van der Waals surface area (Å²) in [5.41, 5.74) is 5.90. The minimum atomic E-state index is -0.218. The van der Waals surface area contributed by atoms with Gasteiger partial charge in [0.25, 0.3) is 0 Å². The molecule has 4 fully saturated rings. The van der Waals surface area contributed by atoms with Gasteiger partial charge in [0.2, 0.25) is 5.91 Å². The number of hydrogen-bond acceptors (Lipinski definition) is 7. The lowest BCUT2D eigenvalue weighted by molar-refractivity contribution is -0.203. The molecule has 0 radical (unpaired) electrons. The standard InChI is InChI=1S/C42H78N4O4/c1-29(2)14-12-15-32(39(49)46-27-11-10-24-45-26-13-25-44-23-9-8-22-43)38-34-16-17-37-40(5)20-19-35(48)30(3)33(40)18-21-41(37,6)42(34,7)28-36(38)50-31(4)47/h29-30,32-38,44-45,48H,8-28,43H2,1-7H3,(H,46,49)/t30-,32-,33?,34?,35+,36-,37?,38-,40-,41-,42-/m0/s1. The van der Waals surface area contributed by atoms with Crippen molar-refractivity contribution in [3.8, 4) is 0 Å². The molecule has 0 heterocycles. The van der Waals surface area contributed by atoms with E-state index >= 15 is 0 Å². The average molecular weight is 703 g/mol. The van der Waals surface area contributed by atoms with Gasteiger partial charge in [-0.15, -0.1) is 0 Å². The van der Waals surface area contributed by atoms with Crippen LogP contribution in [0.15, 0.2) is 0 Å². The number of aliphatic hydroxyl groups excluding tert-OH is 1. The Kier molecular flexibility index (Phi) is 15.5. The molecule has 4 saturated carbocycles. The molecule has 8 heteroatoms. The molecule has 11 atom stereocenters. The minimum absolute atomic E-state index is 0.00375. The zero-order chi connectivity index (χ0) is 36.5. The van der Waals surface area contributed by atoms with Gasteiger partial charge >= 0.3 is 5.97 Å². The lowest BCUT2D eigenvalue weighted by Gasteiger charge is -2.68. The molecular formula is C42H78N4O4. The molecule has 6 N–H and O–H groups in total. The Morgan fingerprint density at radius 2 is 1.48 bits per heavy atom. The fraction of sp³-hybridized carbons (Fsp3) is 0.952. The maximum atomic E-state index is 14.3. The van der Waals surface area contributed by atoms with E-state index in [1.807, 2.05) is 0 Å². The van der Waals surface area contributed by atoms with Gasteiger partial charge in [-0.25, -0.2) is 0 Å². The van der Waals surface area contributed by atoms with Gasteiger partial charge in [0, 0.05) is 25.3 Å². The number of carbonyl (C=O) groups excluding carboxylic acids is 2. The second kappa shape index (κ2) is 18.7. The van der Waals surface area contributed by atoms with Gasteiger partial charge in [0.1, 0.15) is 6.10 Å². The largest absolute Gasteiger partial charge is 0.462 e. The lowest BCUT2D eigenvalue weighted by Crippen LogP contribution is -2.62. The van der Waals surface area contributed by atoms with Crippen molar-refractivity contribution in [1.82, 2.24) is 16.0 Å². The van der Waals surface area contributed by atoms with Crippen molar-refractivity contribution in [3.63, 3.8) is 0 Å². The normalized spacial score (nSPS) is 37.1. The van der Waals surface area contributed by atoms with Gasteiger partial charge < -0.3 is 31.5 Å². The van der Waals surface area contributed by atoms with E-state index in [-0.39, 0.29) is 52.2 Å². The lowest BCUT2D eigenvalue weighted by atomic mass is 9.37. The van der Waals surface area contributed by atoms with Crippen molar-refractivity contribution >= 4 is 11.9 Å². The zero-order valence-corrected chi connectivity index (χ0v) is 33.3. The molecule has 0 aliphatic heterocycles. The van der Waals surface area contributed by atoms with Crippen molar-refractivity contribution < 1.29 is 19.4 Å². The summed E-state index contributed by atoms with van der Waals surface area (Å²) in [6.45, 7) is 21.5. The molecule has 3 unspecified atom stereocenters. The molecule has 4 rings (SSSR count). The third kappa shape index (κ3) is 9.28. The zero-order valence-electron chi connectivity index (χ0n) is 33.3. The van der Waals surface area contributed by atoms with Crippen molar-refractivity contribution in [2.24, 2.45) is 63.4 Å². The van der Waals surface area contributed by atoms with Gasteiger partial charge in [-0.3, -0.25) is 9.59 Å². The Labute approximate surface area is 306 Å². The summed E-state index contributed by atoms with van der Waals surface area (Å²) in [7, 11) is 0. The number of nitrogens with two attached hydrogens (primary N) is 1. The summed E-state index contributed by atoms with van der Waals surface area (Å²) in [6, 6.07) is 0. The highest BCUT2D eigenvalue weighted by Crippen LogP contribution is 2.75. The van der Waals surface area contributed by atoms with Gasteiger partial charge in [-0.2, -0.15) is 0 Å². The summed E-state index contributed by atoms with van der Waals surface area (Å²) < 4.78 is 6.28. The molecule has 0 aromatic heterocycles. The Morgan fingerprint density at radius 3 is 2.14 bits per heavy atom. The molecular weight excluding hydrogens is 624 g/mol. The fourth-order valence-corrected chi connectivity index (χ4v) is 12.2. The number of carbonyl (C=O) groups is 2. The monoisotopic (exact) mass is 703 g/mol. The SMILES string of the molecule is CC(=O)O[C@H]1C[C@@]2(C)C(CCC3[C@@]4(C)CC[C@@H](O)[C@@H](C)C4CC[C@@]32C)[C@@H]1[C@H](CCCC(C)C)C(=O)NCCCCNCCCNCCCCN. The van der Waals surface area contributed by atoms with Crippen LogP contribution in [0.5, 0.6) is 0 Å². The third-order valence-electron chi connectivity index (χ3n) is 15.0. The van der Waals surface area contributed by atoms with Crippen LogP contribution in [-0.4, -0.2) is 68.5 Å². The van der Waals surface area contributed by atoms with Gasteiger partial charge in [0.05, 0.1) is 6.10 Å².